The summed E-state index contributed by atoms with van der Waals surface area (Å²) in [5.74, 6) is 0. The number of hydrogen-bond donors (Lipinski definition) is 2. The number of nitrogens with two attached hydrogens (primary N) is 1. The number of aliphatic hydroxyl groups is 1. The van der Waals surface area contributed by atoms with Crippen LogP contribution < -0.4 is 5.73 Å². The fourth-order valence-electron chi connectivity index (χ4n) is 0.449. The minimum absolute atomic E-state index is 0.0142. The zero-order valence-electron chi connectivity index (χ0n) is 6.23. The number of carbonyl (C=O) groups excluding carboxylic acids is 1. The van der Waals surface area contributed by atoms with Gasteiger partial charge >= 0.3 is 0 Å². The number of rotatable bonds is 7. The lowest BCUT2D eigenvalue weighted by atomic mass is 10.6. The van der Waals surface area contributed by atoms with E-state index in [0.717, 1.165) is 0 Å². The molecule has 0 rings (SSSR count). The molecule has 5 nitrogen and oxygen atoms in total. The maximum absolute atomic E-state index is 9.89. The minimum atomic E-state index is -0.868. The normalized spacial score (nSPS) is 12.9. The molecule has 0 amide bonds. The molecule has 1 atom stereocenters. The summed E-state index contributed by atoms with van der Waals surface area (Å²) in [4.78, 5) is 9.89. The fraction of sp³-hybridized carbons (Fsp3) is 0.833. The van der Waals surface area contributed by atoms with Crippen molar-refractivity contribution in [2.24, 2.45) is 5.73 Å². The van der Waals surface area contributed by atoms with Crippen molar-refractivity contribution >= 4 is 6.29 Å². The molecule has 0 heterocycles. The van der Waals surface area contributed by atoms with Gasteiger partial charge in [0.1, 0.15) is 0 Å². The molecule has 0 aromatic heterocycles. The third kappa shape index (κ3) is 7.41. The average Bonchev–Trinajstić information content (AvgIpc) is 2.04. The van der Waals surface area contributed by atoms with Gasteiger partial charge in [0, 0.05) is 0 Å². The van der Waals surface area contributed by atoms with Crippen LogP contribution in [-0.2, 0) is 14.3 Å². The Balaban J connectivity index is 2.95. The lowest BCUT2D eigenvalue weighted by Crippen LogP contribution is -2.26. The second-order valence-corrected chi connectivity index (χ2v) is 1.81. The molecule has 1 unspecified atom stereocenters. The second kappa shape index (κ2) is 7.62. The predicted molar refractivity (Wildman–Crippen MR) is 37.9 cm³/mol. The van der Waals surface area contributed by atoms with Gasteiger partial charge in [-0.3, -0.25) is 10.5 Å². The van der Waals surface area contributed by atoms with E-state index in [2.05, 4.69) is 0 Å². The quantitative estimate of drug-likeness (QED) is 0.271. The second-order valence-electron chi connectivity index (χ2n) is 1.81. The highest BCUT2D eigenvalue weighted by molar-refractivity contribution is 5.54. The molecule has 0 bridgehead atoms. The van der Waals surface area contributed by atoms with Gasteiger partial charge in [-0.25, -0.2) is 0 Å². The predicted octanol–water partition coefficient (Wildman–Crippen LogP) is -1.50. The van der Waals surface area contributed by atoms with Crippen molar-refractivity contribution < 1.29 is 19.4 Å². The van der Waals surface area contributed by atoms with Gasteiger partial charge in [-0.1, -0.05) is 0 Å². The largest absolute Gasteiger partial charge is 0.394 e. The number of aldehydes is 1. The van der Waals surface area contributed by atoms with E-state index in [0.29, 0.717) is 12.9 Å². The molecule has 3 N–H and O–H groups in total. The molecule has 5 heteroatoms. The van der Waals surface area contributed by atoms with Crippen LogP contribution in [0.3, 0.4) is 0 Å². The van der Waals surface area contributed by atoms with E-state index in [9.17, 15) is 4.79 Å². The molecule has 0 spiro atoms. The van der Waals surface area contributed by atoms with E-state index in [1.54, 1.807) is 0 Å². The van der Waals surface area contributed by atoms with Crippen molar-refractivity contribution in [2.75, 3.05) is 26.4 Å². The number of hydrogen-bond acceptors (Lipinski definition) is 5. The average molecular weight is 163 g/mol. The Morgan fingerprint density at radius 2 is 2.18 bits per heavy atom. The van der Waals surface area contributed by atoms with Crippen molar-refractivity contribution in [2.45, 2.75) is 6.23 Å². The van der Waals surface area contributed by atoms with Crippen LogP contribution in [0.2, 0.25) is 0 Å². The Labute approximate surface area is 65.1 Å². The van der Waals surface area contributed by atoms with E-state index >= 15 is 0 Å². The van der Waals surface area contributed by atoms with E-state index in [1.165, 1.54) is 0 Å². The van der Waals surface area contributed by atoms with Crippen molar-refractivity contribution in [3.05, 3.63) is 0 Å². The monoisotopic (exact) mass is 163 g/mol. The van der Waals surface area contributed by atoms with Gasteiger partial charge in [-0.2, -0.15) is 0 Å². The molecule has 11 heavy (non-hydrogen) atoms. The summed E-state index contributed by atoms with van der Waals surface area (Å²) in [5, 5.41) is 8.27. The molecule has 0 saturated heterocycles. The van der Waals surface area contributed by atoms with Gasteiger partial charge in [-0.05, 0) is 0 Å². The van der Waals surface area contributed by atoms with Crippen LogP contribution in [0.5, 0.6) is 0 Å². The number of aliphatic hydroxyl groups excluding tert-OH is 1. The van der Waals surface area contributed by atoms with Crippen LogP contribution in [0.1, 0.15) is 0 Å². The molecule has 0 aromatic carbocycles. The molecular formula is C6H13NO4. The summed E-state index contributed by atoms with van der Waals surface area (Å²) < 4.78 is 9.57. The van der Waals surface area contributed by atoms with Crippen molar-refractivity contribution in [1.82, 2.24) is 0 Å². The summed E-state index contributed by atoms with van der Waals surface area (Å²) in [6.07, 6.45) is -0.362. The molecular weight excluding hydrogens is 150 g/mol. The lowest BCUT2D eigenvalue weighted by molar-refractivity contribution is -0.118. The molecule has 0 aliphatic rings. The highest BCUT2D eigenvalue weighted by Gasteiger charge is 1.97. The highest BCUT2D eigenvalue weighted by atomic mass is 16.5. The fourth-order valence-corrected chi connectivity index (χ4v) is 0.449. The third-order valence-electron chi connectivity index (χ3n) is 0.908. The van der Waals surface area contributed by atoms with Gasteiger partial charge in [0.2, 0.25) is 0 Å². The summed E-state index contributed by atoms with van der Waals surface area (Å²) in [6, 6.07) is 0. The van der Waals surface area contributed by atoms with Crippen LogP contribution in [0.25, 0.3) is 0 Å². The Kier molecular flexibility index (Phi) is 7.28. The maximum atomic E-state index is 9.89. The van der Waals surface area contributed by atoms with Gasteiger partial charge in [0.25, 0.3) is 0 Å². The lowest BCUT2D eigenvalue weighted by Gasteiger charge is -2.05. The van der Waals surface area contributed by atoms with Crippen LogP contribution in [-0.4, -0.2) is 44.0 Å². The molecule has 0 aromatic rings. The first-order valence-electron chi connectivity index (χ1n) is 3.32. The standard InChI is InChI=1S/C6H13NO4/c7-6(5-9)11-4-3-10-2-1-8/h5-6,8H,1-4,7H2. The molecule has 0 fully saturated rings. The molecule has 0 aliphatic carbocycles. The molecule has 66 valence electrons. The molecule has 0 radical (unpaired) electrons. The topological polar surface area (TPSA) is 81.8 Å². The molecule has 0 aliphatic heterocycles. The number of carbonyl (C=O) groups is 1. The van der Waals surface area contributed by atoms with Crippen LogP contribution >= 0.6 is 0 Å². The SMILES string of the molecule is NC(C=O)OCCOCCO. The van der Waals surface area contributed by atoms with Crippen LogP contribution in [0.4, 0.5) is 0 Å². The van der Waals surface area contributed by atoms with Crippen molar-refractivity contribution in [3.63, 3.8) is 0 Å². The number of ether oxygens (including phenoxy) is 2. The third-order valence-corrected chi connectivity index (χ3v) is 0.908. The minimum Gasteiger partial charge on any atom is -0.394 e. The first-order valence-corrected chi connectivity index (χ1v) is 3.32. The van der Waals surface area contributed by atoms with Crippen LogP contribution in [0, 0.1) is 0 Å². The van der Waals surface area contributed by atoms with Gasteiger partial charge in [-0.15, -0.1) is 0 Å². The zero-order valence-corrected chi connectivity index (χ0v) is 6.23. The van der Waals surface area contributed by atoms with Gasteiger partial charge < -0.3 is 14.6 Å². The summed E-state index contributed by atoms with van der Waals surface area (Å²) >= 11 is 0. The Morgan fingerprint density at radius 3 is 2.73 bits per heavy atom. The van der Waals surface area contributed by atoms with E-state index < -0.39 is 6.23 Å². The Hall–Kier alpha value is -0.490. The van der Waals surface area contributed by atoms with Gasteiger partial charge in [0.15, 0.2) is 12.5 Å². The van der Waals surface area contributed by atoms with Crippen molar-refractivity contribution in [3.8, 4) is 0 Å². The van der Waals surface area contributed by atoms with E-state index in [1.807, 2.05) is 0 Å². The first-order chi connectivity index (χ1) is 5.31. The van der Waals surface area contributed by atoms with Crippen LogP contribution in [0.15, 0.2) is 0 Å². The summed E-state index contributed by atoms with van der Waals surface area (Å²) in [6.45, 7) is 0.863. The summed E-state index contributed by atoms with van der Waals surface area (Å²) in [5.41, 5.74) is 5.09. The smallest absolute Gasteiger partial charge is 0.163 e. The summed E-state index contributed by atoms with van der Waals surface area (Å²) in [7, 11) is 0. The zero-order chi connectivity index (χ0) is 8.53. The van der Waals surface area contributed by atoms with E-state index in [-0.39, 0.29) is 19.8 Å². The molecule has 0 saturated carbocycles. The van der Waals surface area contributed by atoms with Crippen molar-refractivity contribution in [1.29, 1.82) is 0 Å². The van der Waals surface area contributed by atoms with E-state index in [4.69, 9.17) is 20.3 Å². The first kappa shape index (κ1) is 10.5. The Morgan fingerprint density at radius 1 is 1.45 bits per heavy atom. The van der Waals surface area contributed by atoms with Gasteiger partial charge in [0.05, 0.1) is 26.4 Å². The Bertz CT molecular complexity index is 98.6. The maximum Gasteiger partial charge on any atom is 0.163 e. The highest BCUT2D eigenvalue weighted by Crippen LogP contribution is 1.79.